The first-order valence-corrected chi connectivity index (χ1v) is 7.33. The molecular formula is C15H23N3O. The van der Waals surface area contributed by atoms with Crippen LogP contribution in [0, 0.1) is 5.92 Å². The van der Waals surface area contributed by atoms with Gasteiger partial charge in [-0.3, -0.25) is 4.79 Å². The smallest absolute Gasteiger partial charge is 0.223 e. The molecule has 4 heteroatoms. The molecule has 2 rings (SSSR count). The van der Waals surface area contributed by atoms with Crippen molar-refractivity contribution < 1.29 is 4.79 Å². The van der Waals surface area contributed by atoms with Gasteiger partial charge < -0.3 is 4.90 Å². The lowest BCUT2D eigenvalue weighted by atomic mass is 9.98. The number of aromatic nitrogens is 2. The summed E-state index contributed by atoms with van der Waals surface area (Å²) in [5.74, 6) is 1.82. The van der Waals surface area contributed by atoms with E-state index in [0.29, 0.717) is 12.8 Å². The Kier molecular flexibility index (Phi) is 5.31. The average Bonchev–Trinajstić information content (AvgIpc) is 2.71. The molecule has 0 N–H and O–H groups in total. The maximum Gasteiger partial charge on any atom is 0.223 e. The van der Waals surface area contributed by atoms with Crippen molar-refractivity contribution in [3.05, 3.63) is 24.3 Å². The van der Waals surface area contributed by atoms with Gasteiger partial charge in [0.1, 0.15) is 5.82 Å². The first-order valence-electron chi connectivity index (χ1n) is 7.33. The zero-order valence-corrected chi connectivity index (χ0v) is 11.7. The molecule has 0 aromatic carbocycles. The van der Waals surface area contributed by atoms with E-state index in [-0.39, 0.29) is 5.91 Å². The molecule has 1 aliphatic heterocycles. The van der Waals surface area contributed by atoms with Crippen LogP contribution < -0.4 is 0 Å². The van der Waals surface area contributed by atoms with Gasteiger partial charge in [0.15, 0.2) is 0 Å². The molecule has 1 atom stereocenters. The molecule has 1 saturated heterocycles. The standard InChI is InChI=1S/C15H23N3O/c1-2-13-5-3-11-18(12-8-13)15(19)7-6-14-16-9-4-10-17-14/h4,9-10,13H,2-3,5-8,11-12H2,1H3. The third-order valence-electron chi connectivity index (χ3n) is 3.96. The lowest BCUT2D eigenvalue weighted by molar-refractivity contribution is -0.131. The quantitative estimate of drug-likeness (QED) is 0.836. The minimum atomic E-state index is 0.254. The zero-order chi connectivity index (χ0) is 13.5. The van der Waals surface area contributed by atoms with Crippen LogP contribution >= 0.6 is 0 Å². The number of nitrogens with zero attached hydrogens (tertiary/aromatic N) is 3. The van der Waals surface area contributed by atoms with Crippen molar-refractivity contribution in [2.75, 3.05) is 13.1 Å². The average molecular weight is 261 g/mol. The van der Waals surface area contributed by atoms with E-state index in [0.717, 1.165) is 37.7 Å². The molecule has 0 saturated carbocycles. The Morgan fingerprint density at radius 3 is 2.84 bits per heavy atom. The molecule has 4 nitrogen and oxygen atoms in total. The van der Waals surface area contributed by atoms with E-state index in [9.17, 15) is 4.79 Å². The number of likely N-dealkylation sites (tertiary alicyclic amines) is 1. The van der Waals surface area contributed by atoms with Crippen LogP contribution in [0.15, 0.2) is 18.5 Å². The van der Waals surface area contributed by atoms with Gasteiger partial charge in [0.25, 0.3) is 0 Å². The van der Waals surface area contributed by atoms with Crippen LogP contribution in [0.3, 0.4) is 0 Å². The van der Waals surface area contributed by atoms with Gasteiger partial charge in [-0.05, 0) is 31.2 Å². The lowest BCUT2D eigenvalue weighted by Crippen LogP contribution is -2.32. The molecule has 1 fully saturated rings. The Morgan fingerprint density at radius 1 is 1.32 bits per heavy atom. The summed E-state index contributed by atoms with van der Waals surface area (Å²) in [6.07, 6.45) is 9.43. The highest BCUT2D eigenvalue weighted by molar-refractivity contribution is 5.76. The van der Waals surface area contributed by atoms with Crippen LogP contribution in [0.2, 0.25) is 0 Å². The van der Waals surface area contributed by atoms with Gasteiger partial charge in [-0.1, -0.05) is 13.3 Å². The molecule has 1 amide bonds. The van der Waals surface area contributed by atoms with E-state index in [1.54, 1.807) is 18.5 Å². The summed E-state index contributed by atoms with van der Waals surface area (Å²) in [5.41, 5.74) is 0. The Morgan fingerprint density at radius 2 is 2.11 bits per heavy atom. The maximum absolute atomic E-state index is 12.2. The van der Waals surface area contributed by atoms with Gasteiger partial charge in [-0.25, -0.2) is 9.97 Å². The minimum Gasteiger partial charge on any atom is -0.343 e. The SMILES string of the molecule is CCC1CCCN(C(=O)CCc2ncccn2)CC1. The number of carbonyl (C=O) groups excluding carboxylic acids is 1. The van der Waals surface area contributed by atoms with Crippen LogP contribution in [0.1, 0.15) is 44.9 Å². The summed E-state index contributed by atoms with van der Waals surface area (Å²) >= 11 is 0. The van der Waals surface area contributed by atoms with Crippen molar-refractivity contribution in [3.8, 4) is 0 Å². The molecule has 0 radical (unpaired) electrons. The fraction of sp³-hybridized carbons (Fsp3) is 0.667. The number of carbonyl (C=O) groups is 1. The first kappa shape index (κ1) is 14.0. The predicted molar refractivity (Wildman–Crippen MR) is 74.6 cm³/mol. The summed E-state index contributed by atoms with van der Waals surface area (Å²) < 4.78 is 0. The third kappa shape index (κ3) is 4.30. The van der Waals surface area contributed by atoms with E-state index < -0.39 is 0 Å². The molecule has 1 aliphatic rings. The van der Waals surface area contributed by atoms with E-state index in [1.165, 1.54) is 12.8 Å². The molecule has 104 valence electrons. The number of hydrogen-bond donors (Lipinski definition) is 0. The molecule has 19 heavy (non-hydrogen) atoms. The van der Waals surface area contributed by atoms with Crippen molar-refractivity contribution in [1.82, 2.24) is 14.9 Å². The van der Waals surface area contributed by atoms with Crippen molar-refractivity contribution >= 4 is 5.91 Å². The number of hydrogen-bond acceptors (Lipinski definition) is 3. The summed E-state index contributed by atoms with van der Waals surface area (Å²) in [7, 11) is 0. The maximum atomic E-state index is 12.2. The summed E-state index contributed by atoms with van der Waals surface area (Å²) in [4.78, 5) is 22.5. The Labute approximate surface area is 115 Å². The molecule has 1 unspecified atom stereocenters. The highest BCUT2D eigenvalue weighted by atomic mass is 16.2. The minimum absolute atomic E-state index is 0.254. The van der Waals surface area contributed by atoms with E-state index in [4.69, 9.17) is 0 Å². The Balaban J connectivity index is 1.79. The highest BCUT2D eigenvalue weighted by Crippen LogP contribution is 2.20. The van der Waals surface area contributed by atoms with Crippen LogP contribution in [-0.4, -0.2) is 33.9 Å². The highest BCUT2D eigenvalue weighted by Gasteiger charge is 2.19. The second kappa shape index (κ2) is 7.22. The van der Waals surface area contributed by atoms with Crippen LogP contribution in [0.5, 0.6) is 0 Å². The van der Waals surface area contributed by atoms with Crippen molar-refractivity contribution in [3.63, 3.8) is 0 Å². The second-order valence-electron chi connectivity index (χ2n) is 5.25. The summed E-state index contributed by atoms with van der Waals surface area (Å²) in [6.45, 7) is 4.09. The van der Waals surface area contributed by atoms with Gasteiger partial charge in [0, 0.05) is 38.3 Å². The topological polar surface area (TPSA) is 46.1 Å². The molecule has 0 spiro atoms. The summed E-state index contributed by atoms with van der Waals surface area (Å²) in [6, 6.07) is 1.80. The number of amides is 1. The van der Waals surface area contributed by atoms with Crippen molar-refractivity contribution in [1.29, 1.82) is 0 Å². The molecule has 1 aromatic rings. The first-order chi connectivity index (χ1) is 9.29. The van der Waals surface area contributed by atoms with E-state index in [1.807, 2.05) is 4.90 Å². The summed E-state index contributed by atoms with van der Waals surface area (Å²) in [5, 5.41) is 0. The Bertz CT molecular complexity index is 394. The molecule has 1 aromatic heterocycles. The zero-order valence-electron chi connectivity index (χ0n) is 11.7. The fourth-order valence-electron chi connectivity index (χ4n) is 2.66. The largest absolute Gasteiger partial charge is 0.343 e. The van der Waals surface area contributed by atoms with Crippen molar-refractivity contribution in [2.24, 2.45) is 5.92 Å². The lowest BCUT2D eigenvalue weighted by Gasteiger charge is -2.20. The van der Waals surface area contributed by atoms with Gasteiger partial charge in [-0.2, -0.15) is 0 Å². The van der Waals surface area contributed by atoms with Crippen LogP contribution in [0.25, 0.3) is 0 Å². The van der Waals surface area contributed by atoms with Gasteiger partial charge in [-0.15, -0.1) is 0 Å². The van der Waals surface area contributed by atoms with E-state index >= 15 is 0 Å². The molecule has 0 bridgehead atoms. The predicted octanol–water partition coefficient (Wildman–Crippen LogP) is 2.45. The fourth-order valence-corrected chi connectivity index (χ4v) is 2.66. The van der Waals surface area contributed by atoms with Crippen LogP contribution in [0.4, 0.5) is 0 Å². The van der Waals surface area contributed by atoms with E-state index in [2.05, 4.69) is 16.9 Å². The molecular weight excluding hydrogens is 238 g/mol. The number of rotatable bonds is 4. The van der Waals surface area contributed by atoms with Crippen molar-refractivity contribution in [2.45, 2.75) is 45.4 Å². The molecule has 0 aliphatic carbocycles. The molecule has 2 heterocycles. The van der Waals surface area contributed by atoms with Gasteiger partial charge >= 0.3 is 0 Å². The van der Waals surface area contributed by atoms with Gasteiger partial charge in [0.05, 0.1) is 0 Å². The monoisotopic (exact) mass is 261 g/mol. The number of aryl methyl sites for hydroxylation is 1. The second-order valence-corrected chi connectivity index (χ2v) is 5.25. The van der Waals surface area contributed by atoms with Gasteiger partial charge in [0.2, 0.25) is 5.91 Å². The third-order valence-corrected chi connectivity index (χ3v) is 3.96. The van der Waals surface area contributed by atoms with Crippen LogP contribution in [-0.2, 0) is 11.2 Å². The normalized spacial score (nSPS) is 20.1. The Hall–Kier alpha value is -1.45.